The normalized spacial score (nSPS) is 11.5. The molecular weight excluding hydrogens is 179 g/mol. The van der Waals surface area contributed by atoms with E-state index in [0.29, 0.717) is 5.46 Å². The Kier molecular flexibility index (Phi) is 3.31. The second-order valence-electron chi connectivity index (χ2n) is 3.71. The topological polar surface area (TPSA) is 49.7 Å². The smallest absolute Gasteiger partial charge is 0.423 e. The summed E-state index contributed by atoms with van der Waals surface area (Å²) in [5.41, 5.74) is 1.14. The standard InChI is InChI=1S/C10H15BO3/c1-10(2,14-3)8-4-6-9(7-5-8)11(12)13/h4-7,12-13H,1-3H3. The van der Waals surface area contributed by atoms with E-state index in [9.17, 15) is 0 Å². The summed E-state index contributed by atoms with van der Waals surface area (Å²) >= 11 is 0. The summed E-state index contributed by atoms with van der Waals surface area (Å²) < 4.78 is 5.30. The lowest BCUT2D eigenvalue weighted by atomic mass is 9.79. The second kappa shape index (κ2) is 4.13. The molecule has 1 rings (SSSR count). The first-order chi connectivity index (χ1) is 6.47. The van der Waals surface area contributed by atoms with Crippen molar-refractivity contribution >= 4 is 12.6 Å². The Labute approximate surface area is 84.5 Å². The summed E-state index contributed by atoms with van der Waals surface area (Å²) in [6.45, 7) is 3.91. The van der Waals surface area contributed by atoms with Crippen LogP contribution in [0.4, 0.5) is 0 Å². The Morgan fingerprint density at radius 1 is 1.14 bits per heavy atom. The molecule has 0 radical (unpaired) electrons. The van der Waals surface area contributed by atoms with Gasteiger partial charge in [-0.2, -0.15) is 0 Å². The summed E-state index contributed by atoms with van der Waals surface area (Å²) in [7, 11) is 0.240. The quantitative estimate of drug-likeness (QED) is 0.678. The maximum Gasteiger partial charge on any atom is 0.488 e. The molecule has 0 heterocycles. The monoisotopic (exact) mass is 194 g/mol. The van der Waals surface area contributed by atoms with Gasteiger partial charge in [-0.05, 0) is 24.9 Å². The Morgan fingerprint density at radius 2 is 1.64 bits per heavy atom. The van der Waals surface area contributed by atoms with Crippen LogP contribution >= 0.6 is 0 Å². The molecule has 3 nitrogen and oxygen atoms in total. The molecule has 0 fully saturated rings. The van der Waals surface area contributed by atoms with Gasteiger partial charge in [0.1, 0.15) is 0 Å². The highest BCUT2D eigenvalue weighted by molar-refractivity contribution is 6.58. The molecule has 14 heavy (non-hydrogen) atoms. The van der Waals surface area contributed by atoms with Gasteiger partial charge in [-0.3, -0.25) is 0 Å². The van der Waals surface area contributed by atoms with Crippen LogP contribution in [0.3, 0.4) is 0 Å². The average Bonchev–Trinajstić information content (AvgIpc) is 2.18. The van der Waals surface area contributed by atoms with Crippen molar-refractivity contribution in [3.05, 3.63) is 29.8 Å². The number of ether oxygens (including phenoxy) is 1. The fraction of sp³-hybridized carbons (Fsp3) is 0.400. The van der Waals surface area contributed by atoms with E-state index in [1.807, 2.05) is 26.0 Å². The summed E-state index contributed by atoms with van der Waals surface area (Å²) in [6.07, 6.45) is 0. The Hall–Kier alpha value is -0.835. The molecule has 0 saturated carbocycles. The Bertz CT molecular complexity index is 293. The van der Waals surface area contributed by atoms with Crippen LogP contribution in [0.15, 0.2) is 24.3 Å². The van der Waals surface area contributed by atoms with Gasteiger partial charge in [0.25, 0.3) is 0 Å². The van der Waals surface area contributed by atoms with Crippen molar-refractivity contribution in [1.82, 2.24) is 0 Å². The fourth-order valence-electron chi connectivity index (χ4n) is 1.17. The van der Waals surface area contributed by atoms with Crippen LogP contribution in [-0.4, -0.2) is 24.3 Å². The van der Waals surface area contributed by atoms with E-state index in [1.165, 1.54) is 0 Å². The molecule has 76 valence electrons. The molecule has 0 unspecified atom stereocenters. The summed E-state index contributed by atoms with van der Waals surface area (Å²) in [5.74, 6) is 0. The number of rotatable bonds is 3. The van der Waals surface area contributed by atoms with E-state index in [1.54, 1.807) is 19.2 Å². The predicted molar refractivity (Wildman–Crippen MR) is 56.3 cm³/mol. The largest absolute Gasteiger partial charge is 0.488 e. The first-order valence-electron chi connectivity index (χ1n) is 4.49. The first kappa shape index (κ1) is 11.2. The second-order valence-corrected chi connectivity index (χ2v) is 3.71. The lowest BCUT2D eigenvalue weighted by Gasteiger charge is -2.23. The maximum atomic E-state index is 8.90. The number of benzene rings is 1. The third-order valence-electron chi connectivity index (χ3n) is 2.41. The zero-order valence-corrected chi connectivity index (χ0v) is 8.69. The van der Waals surface area contributed by atoms with Crippen molar-refractivity contribution in [1.29, 1.82) is 0 Å². The Balaban J connectivity index is 2.94. The van der Waals surface area contributed by atoms with Crippen molar-refractivity contribution in [3.8, 4) is 0 Å². The zero-order chi connectivity index (χ0) is 10.8. The van der Waals surface area contributed by atoms with E-state index in [-0.39, 0.29) is 5.60 Å². The molecule has 1 aromatic carbocycles. The highest BCUT2D eigenvalue weighted by Gasteiger charge is 2.20. The highest BCUT2D eigenvalue weighted by Crippen LogP contribution is 2.22. The molecule has 0 spiro atoms. The fourth-order valence-corrected chi connectivity index (χ4v) is 1.17. The molecule has 0 saturated heterocycles. The van der Waals surface area contributed by atoms with Crippen molar-refractivity contribution in [2.75, 3.05) is 7.11 Å². The lowest BCUT2D eigenvalue weighted by Crippen LogP contribution is -2.30. The molecule has 2 N–H and O–H groups in total. The third kappa shape index (κ3) is 2.35. The molecule has 1 aromatic rings. The van der Waals surface area contributed by atoms with Crippen LogP contribution in [0.2, 0.25) is 0 Å². The zero-order valence-electron chi connectivity index (χ0n) is 8.69. The van der Waals surface area contributed by atoms with Gasteiger partial charge in [0.15, 0.2) is 0 Å². The highest BCUT2D eigenvalue weighted by atomic mass is 16.5. The van der Waals surface area contributed by atoms with E-state index in [4.69, 9.17) is 14.8 Å². The number of hydrogen-bond donors (Lipinski definition) is 2. The van der Waals surface area contributed by atoms with Gasteiger partial charge in [-0.1, -0.05) is 24.3 Å². The van der Waals surface area contributed by atoms with E-state index >= 15 is 0 Å². The third-order valence-corrected chi connectivity index (χ3v) is 2.41. The molecule has 0 atom stereocenters. The van der Waals surface area contributed by atoms with E-state index in [0.717, 1.165) is 5.56 Å². The SMILES string of the molecule is COC(C)(C)c1ccc(B(O)O)cc1. The first-order valence-corrected chi connectivity index (χ1v) is 4.49. The van der Waals surface area contributed by atoms with Crippen LogP contribution in [0.25, 0.3) is 0 Å². The van der Waals surface area contributed by atoms with Crippen molar-refractivity contribution < 1.29 is 14.8 Å². The van der Waals surface area contributed by atoms with Gasteiger partial charge < -0.3 is 14.8 Å². The van der Waals surface area contributed by atoms with Crippen LogP contribution in [-0.2, 0) is 10.3 Å². The maximum absolute atomic E-state index is 8.90. The minimum Gasteiger partial charge on any atom is -0.423 e. The van der Waals surface area contributed by atoms with E-state index < -0.39 is 7.12 Å². The minimum atomic E-state index is -1.41. The molecule has 0 aliphatic heterocycles. The van der Waals surface area contributed by atoms with Gasteiger partial charge >= 0.3 is 7.12 Å². The van der Waals surface area contributed by atoms with Crippen molar-refractivity contribution in [2.24, 2.45) is 0 Å². The molecule has 0 aromatic heterocycles. The molecular formula is C10H15BO3. The average molecular weight is 194 g/mol. The number of hydrogen-bond acceptors (Lipinski definition) is 3. The molecule has 0 amide bonds. The molecule has 0 aliphatic rings. The predicted octanol–water partition coefficient (Wildman–Crippen LogP) is 0.248. The number of methoxy groups -OCH3 is 1. The molecule has 0 aliphatic carbocycles. The van der Waals surface area contributed by atoms with Crippen LogP contribution in [0, 0.1) is 0 Å². The van der Waals surface area contributed by atoms with E-state index in [2.05, 4.69) is 0 Å². The Morgan fingerprint density at radius 3 is 2.00 bits per heavy atom. The van der Waals surface area contributed by atoms with Crippen molar-refractivity contribution in [2.45, 2.75) is 19.4 Å². The molecule has 4 heteroatoms. The summed E-state index contributed by atoms with van der Waals surface area (Å²) in [6, 6.07) is 7.03. The molecule has 0 bridgehead atoms. The van der Waals surface area contributed by atoms with Gasteiger partial charge in [0, 0.05) is 7.11 Å². The van der Waals surface area contributed by atoms with Gasteiger partial charge in [-0.25, -0.2) is 0 Å². The van der Waals surface area contributed by atoms with Crippen molar-refractivity contribution in [3.63, 3.8) is 0 Å². The van der Waals surface area contributed by atoms with Gasteiger partial charge in [0.2, 0.25) is 0 Å². The lowest BCUT2D eigenvalue weighted by molar-refractivity contribution is 0.0192. The van der Waals surface area contributed by atoms with Gasteiger partial charge in [0.05, 0.1) is 5.60 Å². The minimum absolute atomic E-state index is 0.348. The van der Waals surface area contributed by atoms with Crippen LogP contribution < -0.4 is 5.46 Å². The van der Waals surface area contributed by atoms with Crippen LogP contribution in [0.1, 0.15) is 19.4 Å². The van der Waals surface area contributed by atoms with Gasteiger partial charge in [-0.15, -0.1) is 0 Å². The summed E-state index contributed by atoms with van der Waals surface area (Å²) in [4.78, 5) is 0. The summed E-state index contributed by atoms with van der Waals surface area (Å²) in [5, 5.41) is 17.8. The van der Waals surface area contributed by atoms with Crippen LogP contribution in [0.5, 0.6) is 0 Å².